The Morgan fingerprint density at radius 1 is 1.05 bits per heavy atom. The molecular formula is C29H31ClF3N3O5S. The van der Waals surface area contributed by atoms with Crippen LogP contribution in [0.25, 0.3) is 0 Å². The number of halogens is 4. The minimum Gasteiger partial charge on any atom is -0.497 e. The summed E-state index contributed by atoms with van der Waals surface area (Å²) in [4.78, 5) is 27.7. The first-order valence-electron chi connectivity index (χ1n) is 12.8. The van der Waals surface area contributed by atoms with Crippen LogP contribution < -0.4 is 14.4 Å². The van der Waals surface area contributed by atoms with E-state index in [1.54, 1.807) is 38.1 Å². The van der Waals surface area contributed by atoms with Gasteiger partial charge in [-0.05, 0) is 61.4 Å². The third kappa shape index (κ3) is 7.54. The van der Waals surface area contributed by atoms with Crippen molar-refractivity contribution in [1.82, 2.24) is 10.2 Å². The summed E-state index contributed by atoms with van der Waals surface area (Å²) >= 11 is 5.80. The summed E-state index contributed by atoms with van der Waals surface area (Å²) in [6, 6.07) is 14.0. The van der Waals surface area contributed by atoms with Crippen molar-refractivity contribution in [3.63, 3.8) is 0 Å². The number of anilines is 1. The predicted octanol–water partition coefficient (Wildman–Crippen LogP) is 5.42. The standard InChI is InChI=1S/C29H31ClF3N3O5S/c1-5-26(28(38)34-3)35(17-20-7-6-8-22(15-20)41-4)27(37)18-36(42(39,40)23-12-9-19(2)10-13-23)21-11-14-25(30)24(16-21)29(31,32)33/h6-16,26H,5,17-18H2,1-4H3,(H,34,38)/t26-/m1/s1. The quantitative estimate of drug-likeness (QED) is 0.307. The van der Waals surface area contributed by atoms with E-state index in [0.717, 1.165) is 17.7 Å². The van der Waals surface area contributed by atoms with Crippen LogP contribution in [0.15, 0.2) is 71.6 Å². The molecule has 0 bridgehead atoms. The summed E-state index contributed by atoms with van der Waals surface area (Å²) in [6.07, 6.45) is -4.71. The topological polar surface area (TPSA) is 96.0 Å². The van der Waals surface area contributed by atoms with Crippen LogP contribution in [-0.2, 0) is 32.3 Å². The average molecular weight is 626 g/mol. The third-order valence-corrected chi connectivity index (χ3v) is 8.67. The van der Waals surface area contributed by atoms with E-state index in [-0.39, 0.29) is 17.9 Å². The van der Waals surface area contributed by atoms with Gasteiger partial charge < -0.3 is 15.0 Å². The van der Waals surface area contributed by atoms with Gasteiger partial charge in [0.15, 0.2) is 0 Å². The maximum Gasteiger partial charge on any atom is 0.417 e. The zero-order chi connectivity index (χ0) is 31.2. The zero-order valence-corrected chi connectivity index (χ0v) is 25.0. The molecule has 0 fully saturated rings. The number of likely N-dealkylation sites (N-methyl/N-ethyl adjacent to an activating group) is 1. The van der Waals surface area contributed by atoms with Gasteiger partial charge in [-0.25, -0.2) is 8.42 Å². The van der Waals surface area contributed by atoms with Gasteiger partial charge in [-0.15, -0.1) is 0 Å². The highest BCUT2D eigenvalue weighted by molar-refractivity contribution is 7.92. The number of carbonyl (C=O) groups excluding carboxylic acids is 2. The maximum absolute atomic E-state index is 13.9. The number of nitrogens with zero attached hydrogens (tertiary/aromatic N) is 2. The molecule has 3 aromatic rings. The number of nitrogens with one attached hydrogen (secondary N) is 1. The molecule has 226 valence electrons. The van der Waals surface area contributed by atoms with Crippen LogP contribution >= 0.6 is 11.6 Å². The van der Waals surface area contributed by atoms with Gasteiger partial charge in [0.05, 0.1) is 28.3 Å². The van der Waals surface area contributed by atoms with Crippen LogP contribution in [0.3, 0.4) is 0 Å². The molecule has 0 aliphatic carbocycles. The molecule has 8 nitrogen and oxygen atoms in total. The fraction of sp³-hybridized carbons (Fsp3) is 0.310. The second-order valence-electron chi connectivity index (χ2n) is 9.40. The van der Waals surface area contributed by atoms with E-state index < -0.39 is 56.9 Å². The van der Waals surface area contributed by atoms with Gasteiger partial charge in [-0.3, -0.25) is 13.9 Å². The first-order valence-corrected chi connectivity index (χ1v) is 14.6. The summed E-state index contributed by atoms with van der Waals surface area (Å²) in [5.74, 6) is -0.808. The Morgan fingerprint density at radius 3 is 2.29 bits per heavy atom. The lowest BCUT2D eigenvalue weighted by Crippen LogP contribution is -2.51. The van der Waals surface area contributed by atoms with Gasteiger partial charge in [0.25, 0.3) is 10.0 Å². The van der Waals surface area contributed by atoms with Crippen molar-refractivity contribution in [3.05, 3.63) is 88.4 Å². The Labute approximate surface area is 248 Å². The highest BCUT2D eigenvalue weighted by Gasteiger charge is 2.37. The molecule has 3 rings (SSSR count). The molecule has 13 heteroatoms. The van der Waals surface area contributed by atoms with E-state index in [9.17, 15) is 31.2 Å². The normalized spacial score (nSPS) is 12.4. The molecule has 1 N–H and O–H groups in total. The van der Waals surface area contributed by atoms with E-state index in [1.165, 1.54) is 43.3 Å². The van der Waals surface area contributed by atoms with E-state index in [4.69, 9.17) is 16.3 Å². The number of carbonyl (C=O) groups is 2. The lowest BCUT2D eigenvalue weighted by Gasteiger charge is -2.33. The number of ether oxygens (including phenoxy) is 1. The second-order valence-corrected chi connectivity index (χ2v) is 11.7. The molecule has 3 aromatic carbocycles. The minimum atomic E-state index is -4.89. The number of methoxy groups -OCH3 is 1. The Balaban J connectivity index is 2.15. The van der Waals surface area contributed by atoms with Crippen LogP contribution in [-0.4, -0.2) is 51.9 Å². The molecule has 0 saturated heterocycles. The van der Waals surface area contributed by atoms with Gasteiger partial charge in [0, 0.05) is 13.6 Å². The van der Waals surface area contributed by atoms with Gasteiger partial charge in [0.2, 0.25) is 11.8 Å². The largest absolute Gasteiger partial charge is 0.497 e. The number of sulfonamides is 1. The lowest BCUT2D eigenvalue weighted by molar-refractivity contribution is -0.140. The Morgan fingerprint density at radius 2 is 1.71 bits per heavy atom. The van der Waals surface area contributed by atoms with Crippen LogP contribution in [0.5, 0.6) is 5.75 Å². The van der Waals surface area contributed by atoms with Crippen LogP contribution in [0, 0.1) is 6.92 Å². The first-order chi connectivity index (χ1) is 19.7. The van der Waals surface area contributed by atoms with Crippen molar-refractivity contribution in [1.29, 1.82) is 0 Å². The molecular weight excluding hydrogens is 595 g/mol. The number of rotatable bonds is 11. The summed E-state index contributed by atoms with van der Waals surface area (Å²) < 4.78 is 74.8. The number of hydrogen-bond acceptors (Lipinski definition) is 5. The molecule has 0 saturated carbocycles. The predicted molar refractivity (Wildman–Crippen MR) is 154 cm³/mol. The average Bonchev–Trinajstić information content (AvgIpc) is 2.95. The fourth-order valence-electron chi connectivity index (χ4n) is 4.31. The van der Waals surface area contributed by atoms with Crippen molar-refractivity contribution in [3.8, 4) is 5.75 Å². The fourth-order valence-corrected chi connectivity index (χ4v) is 5.94. The molecule has 0 unspecified atom stereocenters. The van der Waals surface area contributed by atoms with Crippen molar-refractivity contribution in [2.45, 2.75) is 43.9 Å². The molecule has 0 heterocycles. The third-order valence-electron chi connectivity index (χ3n) is 6.55. The minimum absolute atomic E-state index is 0.102. The first kappa shape index (κ1) is 32.7. The lowest BCUT2D eigenvalue weighted by atomic mass is 10.1. The van der Waals surface area contributed by atoms with Crippen molar-refractivity contribution < 1.29 is 35.9 Å². The molecule has 2 amide bonds. The number of benzene rings is 3. The van der Waals surface area contributed by atoms with E-state index in [2.05, 4.69) is 5.32 Å². The van der Waals surface area contributed by atoms with Gasteiger partial charge in [-0.1, -0.05) is 48.4 Å². The molecule has 0 radical (unpaired) electrons. The Hall–Kier alpha value is -3.77. The van der Waals surface area contributed by atoms with Crippen molar-refractivity contribution in [2.75, 3.05) is 25.0 Å². The van der Waals surface area contributed by atoms with Gasteiger partial charge >= 0.3 is 6.18 Å². The molecule has 0 aromatic heterocycles. The number of hydrogen-bond donors (Lipinski definition) is 1. The Bertz CT molecular complexity index is 1530. The van der Waals surface area contributed by atoms with E-state index >= 15 is 0 Å². The highest BCUT2D eigenvalue weighted by atomic mass is 35.5. The van der Waals surface area contributed by atoms with Crippen molar-refractivity contribution in [2.24, 2.45) is 0 Å². The molecule has 1 atom stereocenters. The summed E-state index contributed by atoms with van der Waals surface area (Å²) in [6.45, 7) is 2.43. The maximum atomic E-state index is 13.9. The number of aryl methyl sites for hydroxylation is 1. The van der Waals surface area contributed by atoms with Gasteiger partial charge in [-0.2, -0.15) is 13.2 Å². The molecule has 42 heavy (non-hydrogen) atoms. The van der Waals surface area contributed by atoms with E-state index in [1.807, 2.05) is 0 Å². The highest BCUT2D eigenvalue weighted by Crippen LogP contribution is 2.38. The van der Waals surface area contributed by atoms with E-state index in [0.29, 0.717) is 21.7 Å². The number of amides is 2. The van der Waals surface area contributed by atoms with Crippen LogP contribution in [0.4, 0.5) is 18.9 Å². The molecule has 0 aliphatic rings. The second kappa shape index (κ2) is 13.5. The number of alkyl halides is 3. The zero-order valence-electron chi connectivity index (χ0n) is 23.4. The molecule has 0 aliphatic heterocycles. The summed E-state index contributed by atoms with van der Waals surface area (Å²) in [5, 5.41) is 1.88. The SMILES string of the molecule is CC[C@H](C(=O)NC)N(Cc1cccc(OC)c1)C(=O)CN(c1ccc(Cl)c(C(F)(F)F)c1)S(=O)(=O)c1ccc(C)cc1. The smallest absolute Gasteiger partial charge is 0.417 e. The van der Waals surface area contributed by atoms with Crippen LogP contribution in [0.1, 0.15) is 30.0 Å². The summed E-state index contributed by atoms with van der Waals surface area (Å²) in [5.41, 5.74) is -0.342. The van der Waals surface area contributed by atoms with Crippen molar-refractivity contribution >= 4 is 39.1 Å². The monoisotopic (exact) mass is 625 g/mol. The molecule has 0 spiro atoms. The summed E-state index contributed by atoms with van der Waals surface area (Å²) in [7, 11) is -1.69. The van der Waals surface area contributed by atoms with Crippen LogP contribution in [0.2, 0.25) is 5.02 Å². The van der Waals surface area contributed by atoms with Gasteiger partial charge in [0.1, 0.15) is 18.3 Å². The Kier molecular flexibility index (Phi) is 10.5.